The van der Waals surface area contributed by atoms with E-state index >= 15 is 0 Å². The molecule has 32 heavy (non-hydrogen) atoms. The van der Waals surface area contributed by atoms with Crippen LogP contribution in [0.1, 0.15) is 64.4 Å². The Morgan fingerprint density at radius 3 is 2.69 bits per heavy atom. The summed E-state index contributed by atoms with van der Waals surface area (Å²) in [6.45, 7) is 5.89. The maximum Gasteiger partial charge on any atom is 0.389 e. The third-order valence-electron chi connectivity index (χ3n) is 7.07. The van der Waals surface area contributed by atoms with Crippen LogP contribution in [0, 0.1) is 5.92 Å². The lowest BCUT2D eigenvalue weighted by atomic mass is 9.76. The van der Waals surface area contributed by atoms with Crippen molar-refractivity contribution in [2.75, 3.05) is 24.5 Å². The van der Waals surface area contributed by atoms with Crippen molar-refractivity contribution in [3.05, 3.63) is 41.1 Å². The molecule has 174 valence electrons. The summed E-state index contributed by atoms with van der Waals surface area (Å²) in [6.07, 6.45) is -0.927. The van der Waals surface area contributed by atoms with E-state index in [4.69, 9.17) is 4.99 Å². The lowest BCUT2D eigenvalue weighted by Gasteiger charge is -2.38. The number of carbonyl (C=O) groups excluding carboxylic acids is 1. The number of nitrogens with one attached hydrogen (secondary N) is 1. The van der Waals surface area contributed by atoms with Crippen LogP contribution in [0.15, 0.2) is 40.5 Å². The molecule has 1 fully saturated rings. The van der Waals surface area contributed by atoms with Gasteiger partial charge in [0.1, 0.15) is 5.41 Å². The van der Waals surface area contributed by atoms with E-state index in [9.17, 15) is 18.0 Å². The SMILES string of the molecule is CC1=C(/N=C(\CCCCC(F)(F)F)CN2C(=O)C3(CNC3)c3ccccc32)CC(C)CC1. The summed E-state index contributed by atoms with van der Waals surface area (Å²) in [4.78, 5) is 20.2. The van der Waals surface area contributed by atoms with Gasteiger partial charge in [-0.05, 0) is 63.0 Å². The molecule has 2 aliphatic heterocycles. The predicted octanol–water partition coefficient (Wildman–Crippen LogP) is 5.53. The number of nitrogens with zero attached hydrogens (tertiary/aromatic N) is 2. The molecule has 1 aromatic carbocycles. The number of unbranched alkanes of at least 4 members (excludes halogenated alkanes) is 1. The largest absolute Gasteiger partial charge is 0.389 e. The van der Waals surface area contributed by atoms with Gasteiger partial charge in [-0.25, -0.2) is 0 Å². The van der Waals surface area contributed by atoms with Crippen LogP contribution in [0.25, 0.3) is 0 Å². The zero-order valence-electron chi connectivity index (χ0n) is 18.9. The number of carbonyl (C=O) groups is 1. The number of halogens is 3. The monoisotopic (exact) mass is 447 g/mol. The minimum Gasteiger partial charge on any atom is -0.314 e. The van der Waals surface area contributed by atoms with Gasteiger partial charge in [-0.1, -0.05) is 30.7 Å². The zero-order valence-corrected chi connectivity index (χ0v) is 18.9. The van der Waals surface area contributed by atoms with Crippen LogP contribution in [0.5, 0.6) is 0 Å². The molecular formula is C25H32F3N3O. The molecule has 0 aromatic heterocycles. The lowest BCUT2D eigenvalue weighted by Crippen LogP contribution is -2.62. The third kappa shape index (κ3) is 4.63. The Kier molecular flexibility index (Phi) is 6.48. The Morgan fingerprint density at radius 2 is 2.00 bits per heavy atom. The van der Waals surface area contributed by atoms with Crippen LogP contribution < -0.4 is 10.2 Å². The summed E-state index contributed by atoms with van der Waals surface area (Å²) in [7, 11) is 0. The molecule has 0 radical (unpaired) electrons. The average Bonchev–Trinajstić information content (AvgIpc) is 2.95. The Morgan fingerprint density at radius 1 is 1.25 bits per heavy atom. The molecule has 1 amide bonds. The Bertz CT molecular complexity index is 931. The highest BCUT2D eigenvalue weighted by Gasteiger charge is 2.54. The molecule has 1 spiro atoms. The molecule has 4 rings (SSSR count). The fourth-order valence-corrected chi connectivity index (χ4v) is 5.02. The fourth-order valence-electron chi connectivity index (χ4n) is 5.02. The van der Waals surface area contributed by atoms with E-state index in [-0.39, 0.29) is 12.3 Å². The van der Waals surface area contributed by atoms with Gasteiger partial charge in [-0.15, -0.1) is 0 Å². The number of amides is 1. The smallest absolute Gasteiger partial charge is 0.314 e. The van der Waals surface area contributed by atoms with Crippen molar-refractivity contribution in [2.24, 2.45) is 10.9 Å². The molecule has 7 heteroatoms. The molecular weight excluding hydrogens is 415 g/mol. The maximum absolute atomic E-state index is 13.4. The second-order valence-corrected chi connectivity index (χ2v) is 9.67. The van der Waals surface area contributed by atoms with Crippen LogP contribution in [-0.4, -0.2) is 37.4 Å². The predicted molar refractivity (Wildman–Crippen MR) is 121 cm³/mol. The standard InChI is InChI=1S/C25H32F3N3O/c1-17-10-11-18(2)21(13-17)30-19(7-5-6-12-25(26,27)28)14-31-22-9-4-3-8-20(22)24(23(31)32)15-29-16-24/h3-4,8-9,17,29H,5-7,10-16H2,1-2H3/b30-19+. The van der Waals surface area contributed by atoms with Crippen LogP contribution in [0.2, 0.25) is 0 Å². The first-order valence-corrected chi connectivity index (χ1v) is 11.6. The van der Waals surface area contributed by atoms with E-state index in [0.29, 0.717) is 38.4 Å². The molecule has 3 aliphatic rings. The second-order valence-electron chi connectivity index (χ2n) is 9.67. The summed E-state index contributed by atoms with van der Waals surface area (Å²) < 4.78 is 37.9. The van der Waals surface area contributed by atoms with Gasteiger partial charge in [0.15, 0.2) is 0 Å². The van der Waals surface area contributed by atoms with Crippen LogP contribution >= 0.6 is 0 Å². The van der Waals surface area contributed by atoms with Gasteiger partial charge in [0.25, 0.3) is 0 Å². The first-order chi connectivity index (χ1) is 15.2. The zero-order chi connectivity index (χ0) is 22.9. The molecule has 1 saturated heterocycles. The number of hydrogen-bond donors (Lipinski definition) is 1. The maximum atomic E-state index is 13.4. The normalized spacial score (nSPS) is 23.0. The lowest BCUT2D eigenvalue weighted by molar-refractivity contribution is -0.135. The van der Waals surface area contributed by atoms with Gasteiger partial charge in [0.05, 0.1) is 6.54 Å². The fraction of sp³-hybridized carbons (Fsp3) is 0.600. The minimum atomic E-state index is -4.14. The van der Waals surface area contributed by atoms with Crippen molar-refractivity contribution in [1.82, 2.24) is 5.32 Å². The summed E-state index contributed by atoms with van der Waals surface area (Å²) in [5.74, 6) is 0.616. The highest BCUT2D eigenvalue weighted by molar-refractivity contribution is 6.12. The minimum absolute atomic E-state index is 0.0724. The van der Waals surface area contributed by atoms with Gasteiger partial charge in [-0.3, -0.25) is 9.79 Å². The summed E-state index contributed by atoms with van der Waals surface area (Å²) in [6, 6.07) is 7.87. The quantitative estimate of drug-likeness (QED) is 0.441. The number of hydrogen-bond acceptors (Lipinski definition) is 3. The Hall–Kier alpha value is -2.15. The number of aliphatic imine (C=N–C) groups is 1. The molecule has 1 atom stereocenters. The number of rotatable bonds is 7. The number of allylic oxidation sites excluding steroid dienone is 2. The Labute approximate surface area is 188 Å². The van der Waals surface area contributed by atoms with E-state index in [1.807, 2.05) is 24.3 Å². The highest BCUT2D eigenvalue weighted by atomic mass is 19.4. The van der Waals surface area contributed by atoms with E-state index in [0.717, 1.165) is 41.9 Å². The van der Waals surface area contributed by atoms with Crippen LogP contribution in [-0.2, 0) is 10.2 Å². The van der Waals surface area contributed by atoms with E-state index in [1.165, 1.54) is 5.57 Å². The molecule has 0 bridgehead atoms. The van der Waals surface area contributed by atoms with Crippen LogP contribution in [0.3, 0.4) is 0 Å². The number of para-hydroxylation sites is 1. The molecule has 1 aliphatic carbocycles. The summed E-state index contributed by atoms with van der Waals surface area (Å²) >= 11 is 0. The molecule has 1 N–H and O–H groups in total. The van der Waals surface area contributed by atoms with Gasteiger partial charge in [0, 0.05) is 36.6 Å². The number of benzene rings is 1. The van der Waals surface area contributed by atoms with Crippen molar-refractivity contribution < 1.29 is 18.0 Å². The molecule has 4 nitrogen and oxygen atoms in total. The number of fused-ring (bicyclic) bond motifs is 2. The topological polar surface area (TPSA) is 44.7 Å². The summed E-state index contributed by atoms with van der Waals surface area (Å²) in [5, 5.41) is 3.23. The van der Waals surface area contributed by atoms with Gasteiger partial charge >= 0.3 is 6.18 Å². The first-order valence-electron chi connectivity index (χ1n) is 11.6. The number of anilines is 1. The molecule has 1 aromatic rings. The van der Waals surface area contributed by atoms with E-state index in [1.54, 1.807) is 4.90 Å². The first kappa shape index (κ1) is 23.0. The van der Waals surface area contributed by atoms with Crippen molar-refractivity contribution in [2.45, 2.75) is 70.4 Å². The molecule has 2 heterocycles. The third-order valence-corrected chi connectivity index (χ3v) is 7.07. The van der Waals surface area contributed by atoms with Crippen molar-refractivity contribution in [3.8, 4) is 0 Å². The molecule has 1 unspecified atom stereocenters. The average molecular weight is 448 g/mol. The Balaban J connectivity index is 1.57. The van der Waals surface area contributed by atoms with Crippen LogP contribution in [0.4, 0.5) is 18.9 Å². The van der Waals surface area contributed by atoms with E-state index < -0.39 is 18.0 Å². The highest BCUT2D eigenvalue weighted by Crippen LogP contribution is 2.44. The molecule has 0 saturated carbocycles. The van der Waals surface area contributed by atoms with Gasteiger partial charge in [0.2, 0.25) is 5.91 Å². The van der Waals surface area contributed by atoms with Crippen molar-refractivity contribution in [3.63, 3.8) is 0 Å². The second kappa shape index (κ2) is 9.00. The number of alkyl halides is 3. The van der Waals surface area contributed by atoms with Crippen molar-refractivity contribution >= 4 is 17.3 Å². The summed E-state index contributed by atoms with van der Waals surface area (Å²) in [5.41, 5.74) is 4.56. The van der Waals surface area contributed by atoms with E-state index in [2.05, 4.69) is 19.2 Å². The van der Waals surface area contributed by atoms with Crippen molar-refractivity contribution in [1.29, 1.82) is 0 Å². The van der Waals surface area contributed by atoms with Gasteiger partial charge < -0.3 is 10.2 Å². The van der Waals surface area contributed by atoms with Gasteiger partial charge in [-0.2, -0.15) is 13.2 Å².